The van der Waals surface area contributed by atoms with Crippen molar-refractivity contribution in [2.24, 2.45) is 5.41 Å². The zero-order chi connectivity index (χ0) is 18.7. The van der Waals surface area contributed by atoms with Gasteiger partial charge < -0.3 is 15.3 Å². The Hall–Kier alpha value is -2.04. The molecule has 2 rings (SSSR count). The Morgan fingerprint density at radius 3 is 2.16 bits per heavy atom. The normalized spacial score (nSPS) is 17.0. The standard InChI is InChI=1S/C20H30N2O3/c1-15-8-10-16(11-9-15)21-17(23)20(12-6-5-7-13-20)14-22(18(24)25)19(2,3)4/h8-11H,5-7,12-14H2,1-4H3,(H,21,23)(H,24,25). The maximum absolute atomic E-state index is 13.1. The smallest absolute Gasteiger partial charge is 0.407 e. The fraction of sp³-hybridized carbons (Fsp3) is 0.600. The van der Waals surface area contributed by atoms with E-state index in [1.807, 2.05) is 52.0 Å². The summed E-state index contributed by atoms with van der Waals surface area (Å²) in [6.45, 7) is 7.85. The number of benzene rings is 1. The van der Waals surface area contributed by atoms with Crippen molar-refractivity contribution in [1.29, 1.82) is 0 Å². The Morgan fingerprint density at radius 1 is 1.12 bits per heavy atom. The molecule has 0 aliphatic heterocycles. The molecule has 0 bridgehead atoms. The fourth-order valence-electron chi connectivity index (χ4n) is 3.48. The molecular weight excluding hydrogens is 316 g/mol. The summed E-state index contributed by atoms with van der Waals surface area (Å²) in [5.41, 5.74) is 0.697. The summed E-state index contributed by atoms with van der Waals surface area (Å²) in [4.78, 5) is 26.3. The van der Waals surface area contributed by atoms with E-state index in [1.54, 1.807) is 0 Å². The maximum atomic E-state index is 13.1. The summed E-state index contributed by atoms with van der Waals surface area (Å²) in [7, 11) is 0. The number of carbonyl (C=O) groups is 2. The van der Waals surface area contributed by atoms with Gasteiger partial charge in [0.25, 0.3) is 0 Å². The molecule has 5 nitrogen and oxygen atoms in total. The van der Waals surface area contributed by atoms with Crippen LogP contribution >= 0.6 is 0 Å². The van der Waals surface area contributed by atoms with Gasteiger partial charge in [-0.25, -0.2) is 4.79 Å². The molecule has 0 aromatic heterocycles. The van der Waals surface area contributed by atoms with Gasteiger partial charge in [-0.2, -0.15) is 0 Å². The van der Waals surface area contributed by atoms with Crippen LogP contribution in [0.2, 0.25) is 0 Å². The van der Waals surface area contributed by atoms with Gasteiger partial charge in [0.05, 0.1) is 5.41 Å². The number of amides is 2. The summed E-state index contributed by atoms with van der Waals surface area (Å²) in [6.07, 6.45) is 3.50. The Bertz CT molecular complexity index is 611. The molecule has 0 radical (unpaired) electrons. The first kappa shape index (κ1) is 19.3. The molecule has 2 N–H and O–H groups in total. The van der Waals surface area contributed by atoms with Crippen LogP contribution in [0.1, 0.15) is 58.4 Å². The van der Waals surface area contributed by atoms with Crippen molar-refractivity contribution < 1.29 is 14.7 Å². The van der Waals surface area contributed by atoms with E-state index in [9.17, 15) is 14.7 Å². The number of nitrogens with one attached hydrogen (secondary N) is 1. The van der Waals surface area contributed by atoms with Crippen LogP contribution in [0.3, 0.4) is 0 Å². The van der Waals surface area contributed by atoms with Crippen molar-refractivity contribution in [2.45, 2.75) is 65.3 Å². The molecule has 0 spiro atoms. The van der Waals surface area contributed by atoms with Crippen LogP contribution in [-0.4, -0.2) is 34.1 Å². The highest BCUT2D eigenvalue weighted by atomic mass is 16.4. The third kappa shape index (κ3) is 4.74. The second kappa shape index (κ2) is 7.46. The van der Waals surface area contributed by atoms with E-state index in [2.05, 4.69) is 5.32 Å². The Balaban J connectivity index is 2.25. The minimum Gasteiger partial charge on any atom is -0.465 e. The molecule has 1 fully saturated rings. The third-order valence-electron chi connectivity index (χ3n) is 5.10. The SMILES string of the molecule is Cc1ccc(NC(=O)C2(CN(C(=O)O)C(C)(C)C)CCCCC2)cc1. The monoisotopic (exact) mass is 346 g/mol. The van der Waals surface area contributed by atoms with E-state index in [-0.39, 0.29) is 12.5 Å². The van der Waals surface area contributed by atoms with Crippen molar-refractivity contribution >= 4 is 17.7 Å². The minimum atomic E-state index is -0.972. The molecule has 1 aliphatic carbocycles. The van der Waals surface area contributed by atoms with Crippen molar-refractivity contribution in [1.82, 2.24) is 4.90 Å². The van der Waals surface area contributed by atoms with Crippen molar-refractivity contribution in [2.75, 3.05) is 11.9 Å². The van der Waals surface area contributed by atoms with Gasteiger partial charge in [-0.05, 0) is 52.7 Å². The predicted octanol–water partition coefficient (Wildman–Crippen LogP) is 4.66. The number of rotatable bonds is 4. The van der Waals surface area contributed by atoms with Gasteiger partial charge in [0.1, 0.15) is 0 Å². The number of anilines is 1. The lowest BCUT2D eigenvalue weighted by Gasteiger charge is -2.43. The highest BCUT2D eigenvalue weighted by Crippen LogP contribution is 2.39. The van der Waals surface area contributed by atoms with E-state index < -0.39 is 17.0 Å². The van der Waals surface area contributed by atoms with Crippen molar-refractivity contribution in [3.63, 3.8) is 0 Å². The Labute approximate surface area is 150 Å². The highest BCUT2D eigenvalue weighted by Gasteiger charge is 2.44. The van der Waals surface area contributed by atoms with Crippen LogP contribution in [0.15, 0.2) is 24.3 Å². The largest absolute Gasteiger partial charge is 0.465 e. The zero-order valence-corrected chi connectivity index (χ0v) is 15.8. The molecular formula is C20H30N2O3. The van der Waals surface area contributed by atoms with E-state index in [1.165, 1.54) is 4.90 Å². The summed E-state index contributed by atoms with van der Waals surface area (Å²) in [5, 5.41) is 12.7. The van der Waals surface area contributed by atoms with E-state index >= 15 is 0 Å². The van der Waals surface area contributed by atoms with Crippen LogP contribution in [-0.2, 0) is 4.79 Å². The summed E-state index contributed by atoms with van der Waals surface area (Å²) >= 11 is 0. The van der Waals surface area contributed by atoms with Crippen LogP contribution in [0, 0.1) is 12.3 Å². The number of aryl methyl sites for hydroxylation is 1. The number of hydrogen-bond acceptors (Lipinski definition) is 2. The van der Waals surface area contributed by atoms with E-state index in [4.69, 9.17) is 0 Å². The Morgan fingerprint density at radius 2 is 1.68 bits per heavy atom. The van der Waals surface area contributed by atoms with Crippen LogP contribution in [0.4, 0.5) is 10.5 Å². The average molecular weight is 346 g/mol. The topological polar surface area (TPSA) is 69.6 Å². The minimum absolute atomic E-state index is 0.0634. The lowest BCUT2D eigenvalue weighted by atomic mass is 9.72. The maximum Gasteiger partial charge on any atom is 0.407 e. The molecule has 2 amide bonds. The van der Waals surface area contributed by atoms with Gasteiger partial charge in [-0.1, -0.05) is 37.0 Å². The fourth-order valence-corrected chi connectivity index (χ4v) is 3.48. The molecule has 0 unspecified atom stereocenters. The highest BCUT2D eigenvalue weighted by molar-refractivity contribution is 5.95. The number of nitrogens with zero attached hydrogens (tertiary/aromatic N) is 1. The lowest BCUT2D eigenvalue weighted by Crippen LogP contribution is -2.54. The quantitative estimate of drug-likeness (QED) is 0.833. The average Bonchev–Trinajstić information content (AvgIpc) is 2.54. The molecule has 1 aliphatic rings. The first-order valence-electron chi connectivity index (χ1n) is 9.03. The van der Waals surface area contributed by atoms with Gasteiger partial charge in [0.15, 0.2) is 0 Å². The van der Waals surface area contributed by atoms with Gasteiger partial charge in [0, 0.05) is 17.8 Å². The first-order chi connectivity index (χ1) is 11.6. The van der Waals surface area contributed by atoms with Crippen molar-refractivity contribution in [3.8, 4) is 0 Å². The van der Waals surface area contributed by atoms with Gasteiger partial charge in [0.2, 0.25) is 5.91 Å². The van der Waals surface area contributed by atoms with Crippen LogP contribution in [0.5, 0.6) is 0 Å². The first-order valence-corrected chi connectivity index (χ1v) is 9.03. The Kier molecular flexibility index (Phi) is 5.76. The molecule has 1 aromatic carbocycles. The molecule has 0 heterocycles. The summed E-state index contributed by atoms with van der Waals surface area (Å²) in [5.74, 6) is -0.0634. The molecule has 5 heteroatoms. The number of hydrogen-bond donors (Lipinski definition) is 2. The van der Waals surface area contributed by atoms with Crippen molar-refractivity contribution in [3.05, 3.63) is 29.8 Å². The van der Waals surface area contributed by atoms with Gasteiger partial charge >= 0.3 is 6.09 Å². The molecule has 1 aromatic rings. The van der Waals surface area contributed by atoms with Gasteiger partial charge in [-0.3, -0.25) is 4.79 Å². The predicted molar refractivity (Wildman–Crippen MR) is 99.8 cm³/mol. The summed E-state index contributed by atoms with van der Waals surface area (Å²) in [6, 6.07) is 7.70. The molecule has 0 saturated heterocycles. The second-order valence-electron chi connectivity index (χ2n) is 8.20. The van der Waals surface area contributed by atoms with Crippen LogP contribution < -0.4 is 5.32 Å². The van der Waals surface area contributed by atoms with E-state index in [0.717, 1.165) is 43.4 Å². The van der Waals surface area contributed by atoms with Crippen LogP contribution in [0.25, 0.3) is 0 Å². The zero-order valence-electron chi connectivity index (χ0n) is 15.8. The molecule has 138 valence electrons. The second-order valence-corrected chi connectivity index (χ2v) is 8.20. The lowest BCUT2D eigenvalue weighted by molar-refractivity contribution is -0.129. The number of carboxylic acid groups (broad SMARTS) is 1. The number of carbonyl (C=O) groups excluding carboxylic acids is 1. The molecule has 0 atom stereocenters. The van der Waals surface area contributed by atoms with Gasteiger partial charge in [-0.15, -0.1) is 0 Å². The van der Waals surface area contributed by atoms with E-state index in [0.29, 0.717) is 0 Å². The molecule has 1 saturated carbocycles. The summed E-state index contributed by atoms with van der Waals surface area (Å²) < 4.78 is 0. The third-order valence-corrected chi connectivity index (χ3v) is 5.10. The molecule has 25 heavy (non-hydrogen) atoms.